The van der Waals surface area contributed by atoms with Gasteiger partial charge < -0.3 is 9.47 Å². The number of benzene rings is 1. The molecular weight excluding hydrogens is 235 g/mol. The number of carbonyl (C=O) groups is 1. The summed E-state index contributed by atoms with van der Waals surface area (Å²) in [6, 6.07) is 4.28. The number of halogens is 1. The first-order valence-corrected chi connectivity index (χ1v) is 6.09. The molecule has 0 aliphatic heterocycles. The van der Waals surface area contributed by atoms with Crippen LogP contribution in [0.1, 0.15) is 31.7 Å². The van der Waals surface area contributed by atoms with Crippen LogP contribution >= 0.6 is 0 Å². The van der Waals surface area contributed by atoms with Gasteiger partial charge >= 0.3 is 5.97 Å². The zero-order valence-electron chi connectivity index (χ0n) is 11.0. The first-order valence-electron chi connectivity index (χ1n) is 6.09. The molecule has 0 saturated heterocycles. The summed E-state index contributed by atoms with van der Waals surface area (Å²) >= 11 is 0. The Labute approximate surface area is 107 Å². The second-order valence-electron chi connectivity index (χ2n) is 4.18. The van der Waals surface area contributed by atoms with E-state index in [1.165, 1.54) is 19.2 Å². The molecule has 0 heterocycles. The van der Waals surface area contributed by atoms with E-state index in [9.17, 15) is 9.18 Å². The van der Waals surface area contributed by atoms with Crippen molar-refractivity contribution in [2.45, 2.75) is 39.2 Å². The Bertz CT molecular complexity index is 404. The first kappa shape index (κ1) is 14.5. The third-order valence-electron chi connectivity index (χ3n) is 2.70. The fourth-order valence-electron chi connectivity index (χ4n) is 1.60. The van der Waals surface area contributed by atoms with Crippen LogP contribution in [0.5, 0.6) is 5.75 Å². The summed E-state index contributed by atoms with van der Waals surface area (Å²) in [6.07, 6.45) is 1.71. The van der Waals surface area contributed by atoms with Gasteiger partial charge in [-0.1, -0.05) is 19.4 Å². The molecule has 4 heteroatoms. The van der Waals surface area contributed by atoms with Gasteiger partial charge in [-0.05, 0) is 31.4 Å². The number of aryl methyl sites for hydroxylation is 1. The molecule has 0 aliphatic rings. The monoisotopic (exact) mass is 254 g/mol. The highest BCUT2D eigenvalue weighted by molar-refractivity contribution is 5.75. The molecule has 1 unspecified atom stereocenters. The Kier molecular flexibility index (Phi) is 5.62. The highest BCUT2D eigenvalue weighted by atomic mass is 19.1. The van der Waals surface area contributed by atoms with Crippen molar-refractivity contribution in [2.75, 3.05) is 7.11 Å². The maximum atomic E-state index is 13.1. The average molecular weight is 254 g/mol. The van der Waals surface area contributed by atoms with Gasteiger partial charge in [0.1, 0.15) is 11.6 Å². The van der Waals surface area contributed by atoms with E-state index in [0.29, 0.717) is 12.2 Å². The molecule has 1 rings (SSSR count). The van der Waals surface area contributed by atoms with Crippen LogP contribution in [0.25, 0.3) is 0 Å². The van der Waals surface area contributed by atoms with Crippen LogP contribution in [0.15, 0.2) is 18.2 Å². The lowest BCUT2D eigenvalue weighted by Gasteiger charge is -2.18. The van der Waals surface area contributed by atoms with E-state index in [1.807, 2.05) is 13.8 Å². The lowest BCUT2D eigenvalue weighted by atomic mass is 10.1. The van der Waals surface area contributed by atoms with E-state index in [-0.39, 0.29) is 5.82 Å². The van der Waals surface area contributed by atoms with Crippen molar-refractivity contribution in [1.82, 2.24) is 0 Å². The lowest BCUT2D eigenvalue weighted by Crippen LogP contribution is -2.28. The molecule has 0 aromatic heterocycles. The molecule has 1 aromatic rings. The van der Waals surface area contributed by atoms with E-state index in [1.54, 1.807) is 6.07 Å². The van der Waals surface area contributed by atoms with Gasteiger partial charge in [0, 0.05) is 6.07 Å². The second-order valence-corrected chi connectivity index (χ2v) is 4.18. The Morgan fingerprint density at radius 3 is 2.78 bits per heavy atom. The highest BCUT2D eigenvalue weighted by Crippen LogP contribution is 2.22. The van der Waals surface area contributed by atoms with E-state index in [4.69, 9.17) is 9.47 Å². The minimum atomic E-state index is -0.671. The molecular formula is C14H19FO3. The van der Waals surface area contributed by atoms with Gasteiger partial charge in [0.15, 0.2) is 6.10 Å². The van der Waals surface area contributed by atoms with Crippen molar-refractivity contribution >= 4 is 5.97 Å². The number of rotatable bonds is 6. The summed E-state index contributed by atoms with van der Waals surface area (Å²) in [6.45, 7) is 3.84. The largest absolute Gasteiger partial charge is 0.478 e. The number of unbranched alkanes of at least 4 members (excludes halogenated alkanes) is 1. The SMILES string of the molecule is CCCCC(Oc1cc(F)ccc1C)C(=O)OC. The fraction of sp³-hybridized carbons (Fsp3) is 0.500. The van der Waals surface area contributed by atoms with E-state index < -0.39 is 12.1 Å². The van der Waals surface area contributed by atoms with Gasteiger partial charge in [-0.3, -0.25) is 0 Å². The molecule has 0 bridgehead atoms. The number of methoxy groups -OCH3 is 1. The molecule has 0 aliphatic carbocycles. The average Bonchev–Trinajstić information content (AvgIpc) is 2.37. The van der Waals surface area contributed by atoms with Crippen LogP contribution in [0.2, 0.25) is 0 Å². The van der Waals surface area contributed by atoms with Gasteiger partial charge in [-0.2, -0.15) is 0 Å². The minimum absolute atomic E-state index is 0.380. The molecule has 1 atom stereocenters. The third-order valence-corrected chi connectivity index (χ3v) is 2.70. The first-order chi connectivity index (χ1) is 8.58. The van der Waals surface area contributed by atoms with Crippen molar-refractivity contribution in [3.63, 3.8) is 0 Å². The Balaban J connectivity index is 2.81. The van der Waals surface area contributed by atoms with Gasteiger partial charge in [0.2, 0.25) is 0 Å². The molecule has 0 radical (unpaired) electrons. The topological polar surface area (TPSA) is 35.5 Å². The molecule has 100 valence electrons. The second kappa shape index (κ2) is 6.99. The number of hydrogen-bond donors (Lipinski definition) is 0. The molecule has 0 saturated carbocycles. The van der Waals surface area contributed by atoms with Crippen molar-refractivity contribution in [3.05, 3.63) is 29.6 Å². The van der Waals surface area contributed by atoms with Crippen LogP contribution in [0.4, 0.5) is 4.39 Å². The minimum Gasteiger partial charge on any atom is -0.478 e. The molecule has 0 amide bonds. The van der Waals surface area contributed by atoms with Crippen molar-refractivity contribution < 1.29 is 18.7 Å². The fourth-order valence-corrected chi connectivity index (χ4v) is 1.60. The zero-order valence-corrected chi connectivity index (χ0v) is 11.0. The summed E-state index contributed by atoms with van der Waals surface area (Å²) in [5.74, 6) is -0.414. The third kappa shape index (κ3) is 4.02. The lowest BCUT2D eigenvalue weighted by molar-refractivity contribution is -0.149. The quantitative estimate of drug-likeness (QED) is 0.731. The smallest absolute Gasteiger partial charge is 0.347 e. The van der Waals surface area contributed by atoms with Crippen LogP contribution < -0.4 is 4.74 Å². The van der Waals surface area contributed by atoms with Gasteiger partial charge in [0.05, 0.1) is 7.11 Å². The molecule has 1 aromatic carbocycles. The molecule has 18 heavy (non-hydrogen) atoms. The van der Waals surface area contributed by atoms with Crippen molar-refractivity contribution in [2.24, 2.45) is 0 Å². The van der Waals surface area contributed by atoms with E-state index in [0.717, 1.165) is 18.4 Å². The number of hydrogen-bond acceptors (Lipinski definition) is 3. The van der Waals surface area contributed by atoms with Crippen molar-refractivity contribution in [1.29, 1.82) is 0 Å². The van der Waals surface area contributed by atoms with Gasteiger partial charge in [-0.25, -0.2) is 9.18 Å². The summed E-state index contributed by atoms with van der Waals surface area (Å²) in [4.78, 5) is 11.6. The maximum absolute atomic E-state index is 13.1. The van der Waals surface area contributed by atoms with Crippen LogP contribution in [0, 0.1) is 12.7 Å². The maximum Gasteiger partial charge on any atom is 0.347 e. The predicted molar refractivity (Wildman–Crippen MR) is 67.1 cm³/mol. The zero-order chi connectivity index (χ0) is 13.5. The predicted octanol–water partition coefficient (Wildman–Crippen LogP) is 3.24. The molecule has 3 nitrogen and oxygen atoms in total. The summed E-state index contributed by atoms with van der Waals surface area (Å²) < 4.78 is 23.4. The van der Waals surface area contributed by atoms with Crippen molar-refractivity contribution in [3.8, 4) is 5.75 Å². The summed E-state index contributed by atoms with van der Waals surface area (Å²) in [7, 11) is 1.32. The highest BCUT2D eigenvalue weighted by Gasteiger charge is 2.21. The normalized spacial score (nSPS) is 12.0. The standard InChI is InChI=1S/C14H19FO3/c1-4-5-6-12(14(16)17-3)18-13-9-11(15)8-7-10(13)2/h7-9,12H,4-6H2,1-3H3. The van der Waals surface area contributed by atoms with E-state index in [2.05, 4.69) is 0 Å². The molecule has 0 spiro atoms. The Hall–Kier alpha value is -1.58. The Morgan fingerprint density at radius 1 is 1.44 bits per heavy atom. The van der Waals surface area contributed by atoms with Crippen LogP contribution in [-0.2, 0) is 9.53 Å². The summed E-state index contributed by atoms with van der Waals surface area (Å²) in [5.41, 5.74) is 0.793. The number of esters is 1. The number of ether oxygens (including phenoxy) is 2. The van der Waals surface area contributed by atoms with E-state index >= 15 is 0 Å². The van der Waals surface area contributed by atoms with Gasteiger partial charge in [-0.15, -0.1) is 0 Å². The number of carbonyl (C=O) groups excluding carboxylic acids is 1. The van der Waals surface area contributed by atoms with Crippen LogP contribution in [0.3, 0.4) is 0 Å². The van der Waals surface area contributed by atoms with Gasteiger partial charge in [0.25, 0.3) is 0 Å². The Morgan fingerprint density at radius 2 is 2.17 bits per heavy atom. The van der Waals surface area contributed by atoms with Crippen LogP contribution in [-0.4, -0.2) is 19.2 Å². The molecule has 0 fully saturated rings. The molecule has 0 N–H and O–H groups in total. The summed E-state index contributed by atoms with van der Waals surface area (Å²) in [5, 5.41) is 0.